The van der Waals surface area contributed by atoms with E-state index in [2.05, 4.69) is 9.72 Å². The first-order valence-corrected chi connectivity index (χ1v) is 7.32. The average Bonchev–Trinajstić information content (AvgIpc) is 2.55. The van der Waals surface area contributed by atoms with Gasteiger partial charge in [-0.2, -0.15) is 0 Å². The number of alkyl halides is 3. The van der Waals surface area contributed by atoms with Crippen LogP contribution >= 0.6 is 0 Å². The highest BCUT2D eigenvalue weighted by Crippen LogP contribution is 2.33. The number of aryl methyl sites for hydroxylation is 1. The van der Waals surface area contributed by atoms with Crippen molar-refractivity contribution in [3.05, 3.63) is 59.8 Å². The van der Waals surface area contributed by atoms with Crippen molar-refractivity contribution in [3.63, 3.8) is 0 Å². The van der Waals surface area contributed by atoms with Gasteiger partial charge in [-0.1, -0.05) is 18.2 Å². The molecule has 3 rings (SSSR count). The second-order valence-electron chi connectivity index (χ2n) is 5.38. The van der Waals surface area contributed by atoms with Gasteiger partial charge in [0, 0.05) is 18.1 Å². The molecule has 0 fully saturated rings. The standard InChI is InChI=1S/C18H15F3N2O/c1-11-13(10-22)9-16(15-3-2-8-23-17(11)15)12-4-6-14(7-5-12)24-18(19,20)21/h2-9H,10,22H2,1H3. The molecule has 6 heteroatoms. The van der Waals surface area contributed by atoms with Crippen LogP contribution in [-0.4, -0.2) is 11.3 Å². The van der Waals surface area contributed by atoms with Crippen molar-refractivity contribution in [2.24, 2.45) is 5.73 Å². The van der Waals surface area contributed by atoms with Gasteiger partial charge in [0.1, 0.15) is 5.75 Å². The lowest BCUT2D eigenvalue weighted by molar-refractivity contribution is -0.274. The molecule has 0 atom stereocenters. The Morgan fingerprint density at radius 1 is 1.12 bits per heavy atom. The topological polar surface area (TPSA) is 48.1 Å². The fraction of sp³-hybridized carbons (Fsp3) is 0.167. The Labute approximate surface area is 136 Å². The number of ether oxygens (including phenoxy) is 1. The second-order valence-corrected chi connectivity index (χ2v) is 5.38. The van der Waals surface area contributed by atoms with Crippen LogP contribution in [0.25, 0.3) is 22.0 Å². The molecule has 0 saturated carbocycles. The number of hydrogen-bond acceptors (Lipinski definition) is 3. The Kier molecular flexibility index (Phi) is 4.15. The normalized spacial score (nSPS) is 11.7. The molecule has 0 spiro atoms. The zero-order valence-corrected chi connectivity index (χ0v) is 12.9. The molecular weight excluding hydrogens is 317 g/mol. The third-order valence-corrected chi connectivity index (χ3v) is 3.87. The van der Waals surface area contributed by atoms with Crippen LogP contribution in [-0.2, 0) is 6.54 Å². The highest BCUT2D eigenvalue weighted by molar-refractivity contribution is 5.97. The van der Waals surface area contributed by atoms with E-state index in [1.807, 2.05) is 25.1 Å². The smallest absolute Gasteiger partial charge is 0.406 e. The largest absolute Gasteiger partial charge is 0.573 e. The molecule has 0 bridgehead atoms. The van der Waals surface area contributed by atoms with Crippen molar-refractivity contribution in [1.29, 1.82) is 0 Å². The molecule has 2 N–H and O–H groups in total. The van der Waals surface area contributed by atoms with E-state index >= 15 is 0 Å². The highest BCUT2D eigenvalue weighted by Gasteiger charge is 2.31. The molecule has 0 aliphatic rings. The van der Waals surface area contributed by atoms with Crippen molar-refractivity contribution in [2.45, 2.75) is 19.8 Å². The summed E-state index contributed by atoms with van der Waals surface area (Å²) in [5.41, 5.74) is 10.3. The fourth-order valence-corrected chi connectivity index (χ4v) is 2.72. The van der Waals surface area contributed by atoms with E-state index in [4.69, 9.17) is 5.73 Å². The lowest BCUT2D eigenvalue weighted by Crippen LogP contribution is -2.16. The quantitative estimate of drug-likeness (QED) is 0.764. The molecule has 124 valence electrons. The Morgan fingerprint density at radius 3 is 2.46 bits per heavy atom. The Hall–Kier alpha value is -2.60. The number of halogens is 3. The van der Waals surface area contributed by atoms with Gasteiger partial charge in [-0.3, -0.25) is 4.98 Å². The first-order chi connectivity index (χ1) is 11.4. The molecule has 0 saturated heterocycles. The lowest BCUT2D eigenvalue weighted by Gasteiger charge is -2.14. The number of benzene rings is 2. The first-order valence-electron chi connectivity index (χ1n) is 7.32. The number of nitrogens with zero attached hydrogens (tertiary/aromatic N) is 1. The SMILES string of the molecule is Cc1c(CN)cc(-c2ccc(OC(F)(F)F)cc2)c2cccnc12. The first kappa shape index (κ1) is 16.3. The second kappa shape index (κ2) is 6.13. The Balaban J connectivity index is 2.11. The Morgan fingerprint density at radius 2 is 1.83 bits per heavy atom. The molecule has 24 heavy (non-hydrogen) atoms. The predicted octanol–water partition coefficient (Wildman–Crippen LogP) is 4.57. The van der Waals surface area contributed by atoms with Gasteiger partial charge >= 0.3 is 6.36 Å². The summed E-state index contributed by atoms with van der Waals surface area (Å²) in [6.45, 7) is 2.32. The average molecular weight is 332 g/mol. The van der Waals surface area contributed by atoms with E-state index in [1.165, 1.54) is 12.1 Å². The minimum Gasteiger partial charge on any atom is -0.406 e. The molecule has 0 amide bonds. The molecule has 1 heterocycles. The van der Waals surface area contributed by atoms with Crippen molar-refractivity contribution in [3.8, 4) is 16.9 Å². The van der Waals surface area contributed by atoms with E-state index < -0.39 is 6.36 Å². The molecule has 1 aromatic heterocycles. The number of aromatic nitrogens is 1. The molecular formula is C18H15F3N2O. The van der Waals surface area contributed by atoms with E-state index in [0.717, 1.165) is 33.2 Å². The van der Waals surface area contributed by atoms with Crippen LogP contribution in [0.1, 0.15) is 11.1 Å². The summed E-state index contributed by atoms with van der Waals surface area (Å²) >= 11 is 0. The van der Waals surface area contributed by atoms with Gasteiger partial charge in [0.15, 0.2) is 0 Å². The third-order valence-electron chi connectivity index (χ3n) is 3.87. The number of rotatable bonds is 3. The van der Waals surface area contributed by atoms with Crippen molar-refractivity contribution >= 4 is 10.9 Å². The number of hydrogen-bond donors (Lipinski definition) is 1. The molecule has 0 aliphatic heterocycles. The minimum atomic E-state index is -4.70. The lowest BCUT2D eigenvalue weighted by atomic mass is 9.94. The number of nitrogens with two attached hydrogens (primary N) is 1. The summed E-state index contributed by atoms with van der Waals surface area (Å²) in [6, 6.07) is 11.5. The van der Waals surface area contributed by atoms with Crippen LogP contribution in [0.2, 0.25) is 0 Å². The van der Waals surface area contributed by atoms with Crippen LogP contribution in [0.4, 0.5) is 13.2 Å². The van der Waals surface area contributed by atoms with Crippen molar-refractivity contribution in [2.75, 3.05) is 0 Å². The summed E-state index contributed by atoms with van der Waals surface area (Å²) in [5.74, 6) is -0.250. The van der Waals surface area contributed by atoms with Crippen LogP contribution < -0.4 is 10.5 Å². The van der Waals surface area contributed by atoms with Gasteiger partial charge in [0.25, 0.3) is 0 Å². The summed E-state index contributed by atoms with van der Waals surface area (Å²) in [6.07, 6.45) is -2.99. The van der Waals surface area contributed by atoms with Gasteiger partial charge in [0.05, 0.1) is 5.52 Å². The molecule has 3 aromatic rings. The maximum atomic E-state index is 12.3. The predicted molar refractivity (Wildman–Crippen MR) is 86.5 cm³/mol. The van der Waals surface area contributed by atoms with E-state index in [9.17, 15) is 13.2 Å². The monoisotopic (exact) mass is 332 g/mol. The third kappa shape index (κ3) is 3.19. The van der Waals surface area contributed by atoms with E-state index in [-0.39, 0.29) is 5.75 Å². The van der Waals surface area contributed by atoms with Gasteiger partial charge in [-0.05, 0) is 53.4 Å². The Bertz CT molecular complexity index is 874. The van der Waals surface area contributed by atoms with Crippen molar-refractivity contribution in [1.82, 2.24) is 4.98 Å². The van der Waals surface area contributed by atoms with Gasteiger partial charge in [-0.15, -0.1) is 13.2 Å². The zero-order valence-electron chi connectivity index (χ0n) is 12.9. The van der Waals surface area contributed by atoms with Gasteiger partial charge in [0.2, 0.25) is 0 Å². The van der Waals surface area contributed by atoms with E-state index in [0.29, 0.717) is 6.54 Å². The maximum Gasteiger partial charge on any atom is 0.573 e. The van der Waals surface area contributed by atoms with Gasteiger partial charge in [-0.25, -0.2) is 0 Å². The van der Waals surface area contributed by atoms with Crippen LogP contribution in [0, 0.1) is 6.92 Å². The van der Waals surface area contributed by atoms with E-state index in [1.54, 1.807) is 18.3 Å². The summed E-state index contributed by atoms with van der Waals surface area (Å²) in [7, 11) is 0. The number of pyridine rings is 1. The molecule has 3 nitrogen and oxygen atoms in total. The summed E-state index contributed by atoms with van der Waals surface area (Å²) in [4.78, 5) is 4.41. The van der Waals surface area contributed by atoms with Crippen LogP contribution in [0.3, 0.4) is 0 Å². The summed E-state index contributed by atoms with van der Waals surface area (Å²) < 4.78 is 40.7. The molecule has 0 unspecified atom stereocenters. The molecule has 0 radical (unpaired) electrons. The number of fused-ring (bicyclic) bond motifs is 1. The van der Waals surface area contributed by atoms with Gasteiger partial charge < -0.3 is 10.5 Å². The molecule has 2 aromatic carbocycles. The van der Waals surface area contributed by atoms with Crippen molar-refractivity contribution < 1.29 is 17.9 Å². The molecule has 0 aliphatic carbocycles. The van der Waals surface area contributed by atoms with Crippen LogP contribution in [0.5, 0.6) is 5.75 Å². The minimum absolute atomic E-state index is 0.250. The zero-order chi connectivity index (χ0) is 17.3. The fourth-order valence-electron chi connectivity index (χ4n) is 2.72. The maximum absolute atomic E-state index is 12.3. The highest BCUT2D eigenvalue weighted by atomic mass is 19.4. The van der Waals surface area contributed by atoms with Crippen LogP contribution in [0.15, 0.2) is 48.7 Å². The summed E-state index contributed by atoms with van der Waals surface area (Å²) in [5, 5.41) is 0.927.